The number of hydrogen-bond donors (Lipinski definition) is 0. The highest BCUT2D eigenvalue weighted by atomic mass is 16.5. The third-order valence-electron chi connectivity index (χ3n) is 8.21. The highest BCUT2D eigenvalue weighted by Gasteiger charge is 2.58. The predicted molar refractivity (Wildman–Crippen MR) is 144 cm³/mol. The topological polar surface area (TPSA) is 38.8 Å². The van der Waals surface area contributed by atoms with E-state index in [1.165, 1.54) is 11.1 Å². The van der Waals surface area contributed by atoms with Gasteiger partial charge < -0.3 is 14.4 Å². The average Bonchev–Trinajstić information content (AvgIpc) is 2.97. The van der Waals surface area contributed by atoms with E-state index in [2.05, 4.69) is 108 Å². The number of carbonyl (C=O) groups is 1. The number of para-hydroxylation sites is 1. The Kier molecular flexibility index (Phi) is 6.54. The standard InChI is InChI=1S/C31H41NO3/c1-21(2)20-30(8,22(3)4)28(33)34-18-17-32-26-12-10-9-11-25(26)29(6,7)31(32)16-15-24-19-23(5)13-14-27(24)35-31/h9-16,19,21-22H,17-18,20H2,1-8H3/t30?,31-/m1/s1. The highest BCUT2D eigenvalue weighted by molar-refractivity contribution is 5.77. The molecule has 2 aromatic carbocycles. The average molecular weight is 476 g/mol. The minimum absolute atomic E-state index is 0.108. The van der Waals surface area contributed by atoms with Crippen LogP contribution in [0, 0.1) is 24.2 Å². The minimum atomic E-state index is -0.704. The molecule has 0 aromatic heterocycles. The lowest BCUT2D eigenvalue weighted by Crippen LogP contribution is -2.60. The zero-order chi connectivity index (χ0) is 25.6. The van der Waals surface area contributed by atoms with Gasteiger partial charge in [0, 0.05) is 11.3 Å². The summed E-state index contributed by atoms with van der Waals surface area (Å²) in [6, 6.07) is 14.8. The first-order valence-corrected chi connectivity index (χ1v) is 13.0. The van der Waals surface area contributed by atoms with E-state index in [0.29, 0.717) is 19.1 Å². The van der Waals surface area contributed by atoms with Crippen LogP contribution in [0.3, 0.4) is 0 Å². The van der Waals surface area contributed by atoms with Crippen LogP contribution in [0.4, 0.5) is 5.69 Å². The van der Waals surface area contributed by atoms with Gasteiger partial charge in [-0.2, -0.15) is 0 Å². The summed E-state index contributed by atoms with van der Waals surface area (Å²) in [5, 5.41) is 0. The molecule has 0 aliphatic carbocycles. The predicted octanol–water partition coefficient (Wildman–Crippen LogP) is 7.15. The second-order valence-electron chi connectivity index (χ2n) is 11.8. The maximum atomic E-state index is 13.3. The van der Waals surface area contributed by atoms with E-state index in [4.69, 9.17) is 9.47 Å². The number of fused-ring (bicyclic) bond motifs is 2. The van der Waals surface area contributed by atoms with Gasteiger partial charge in [-0.15, -0.1) is 0 Å². The van der Waals surface area contributed by atoms with Crippen LogP contribution in [0.2, 0.25) is 0 Å². The first-order chi connectivity index (χ1) is 16.4. The molecule has 4 rings (SSSR count). The normalized spacial score (nSPS) is 21.6. The van der Waals surface area contributed by atoms with Crippen LogP contribution >= 0.6 is 0 Å². The summed E-state index contributed by atoms with van der Waals surface area (Å²) in [6.45, 7) is 18.0. The van der Waals surface area contributed by atoms with Crippen LogP contribution < -0.4 is 9.64 Å². The van der Waals surface area contributed by atoms with Crippen molar-refractivity contribution >= 4 is 17.7 Å². The van der Waals surface area contributed by atoms with Gasteiger partial charge in [0.2, 0.25) is 5.72 Å². The maximum Gasteiger partial charge on any atom is 0.312 e. The Morgan fingerprint density at radius 2 is 1.83 bits per heavy atom. The van der Waals surface area contributed by atoms with Crippen LogP contribution in [0.1, 0.15) is 71.6 Å². The summed E-state index contributed by atoms with van der Waals surface area (Å²) in [7, 11) is 0. The lowest BCUT2D eigenvalue weighted by atomic mass is 9.73. The molecule has 2 aromatic rings. The van der Waals surface area contributed by atoms with Gasteiger partial charge in [-0.05, 0) is 81.9 Å². The molecule has 1 spiro atoms. The van der Waals surface area contributed by atoms with E-state index >= 15 is 0 Å². The van der Waals surface area contributed by atoms with E-state index in [0.717, 1.165) is 23.4 Å². The molecule has 2 atom stereocenters. The molecule has 0 N–H and O–H groups in total. The number of aryl methyl sites for hydroxylation is 1. The third kappa shape index (κ3) is 4.15. The molecule has 2 heterocycles. The van der Waals surface area contributed by atoms with Crippen molar-refractivity contribution in [1.29, 1.82) is 0 Å². The van der Waals surface area contributed by atoms with Gasteiger partial charge in [0.1, 0.15) is 12.4 Å². The molecule has 0 saturated carbocycles. The molecule has 2 aliphatic heterocycles. The Bertz CT molecular complexity index is 1130. The van der Waals surface area contributed by atoms with Crippen molar-refractivity contribution in [2.24, 2.45) is 17.3 Å². The lowest BCUT2D eigenvalue weighted by molar-refractivity contribution is -0.158. The minimum Gasteiger partial charge on any atom is -0.463 e. The molecule has 4 nitrogen and oxygen atoms in total. The number of hydrogen-bond acceptors (Lipinski definition) is 4. The second-order valence-corrected chi connectivity index (χ2v) is 11.8. The van der Waals surface area contributed by atoms with Gasteiger partial charge in [0.05, 0.1) is 17.4 Å². The Balaban J connectivity index is 1.63. The summed E-state index contributed by atoms with van der Waals surface area (Å²) in [5.41, 5.74) is 3.16. The second kappa shape index (κ2) is 9.04. The summed E-state index contributed by atoms with van der Waals surface area (Å²) in [4.78, 5) is 15.5. The molecular formula is C31H41NO3. The molecule has 0 radical (unpaired) electrons. The molecule has 0 saturated heterocycles. The van der Waals surface area contributed by atoms with Crippen molar-refractivity contribution in [2.45, 2.75) is 73.0 Å². The van der Waals surface area contributed by atoms with Crippen molar-refractivity contribution in [3.05, 3.63) is 65.2 Å². The van der Waals surface area contributed by atoms with E-state index in [1.54, 1.807) is 0 Å². The van der Waals surface area contributed by atoms with Gasteiger partial charge in [-0.3, -0.25) is 4.79 Å². The summed E-state index contributed by atoms with van der Waals surface area (Å²) in [5.74, 6) is 1.40. The molecular weight excluding hydrogens is 434 g/mol. The summed E-state index contributed by atoms with van der Waals surface area (Å²) in [6.07, 6.45) is 5.18. The Hall–Kier alpha value is -2.75. The van der Waals surface area contributed by atoms with E-state index in [-0.39, 0.29) is 17.3 Å². The fourth-order valence-corrected chi connectivity index (χ4v) is 5.81. The zero-order valence-electron chi connectivity index (χ0n) is 22.6. The monoisotopic (exact) mass is 475 g/mol. The Morgan fingerprint density at radius 3 is 2.51 bits per heavy atom. The third-order valence-corrected chi connectivity index (χ3v) is 8.21. The van der Waals surface area contributed by atoms with Crippen molar-refractivity contribution in [3.63, 3.8) is 0 Å². The van der Waals surface area contributed by atoms with Crippen molar-refractivity contribution in [3.8, 4) is 5.75 Å². The molecule has 1 unspecified atom stereocenters. The fourth-order valence-electron chi connectivity index (χ4n) is 5.81. The first-order valence-electron chi connectivity index (χ1n) is 13.0. The smallest absolute Gasteiger partial charge is 0.312 e. The Labute approximate surface area is 211 Å². The molecule has 0 amide bonds. The molecule has 0 fully saturated rings. The van der Waals surface area contributed by atoms with Crippen molar-refractivity contribution in [2.75, 3.05) is 18.1 Å². The molecule has 35 heavy (non-hydrogen) atoms. The number of anilines is 1. The van der Waals surface area contributed by atoms with Gasteiger partial charge in [0.15, 0.2) is 0 Å². The number of rotatable bonds is 7. The largest absolute Gasteiger partial charge is 0.463 e. The highest BCUT2D eigenvalue weighted by Crippen LogP contribution is 2.54. The van der Waals surface area contributed by atoms with Crippen LogP contribution in [-0.4, -0.2) is 24.8 Å². The van der Waals surface area contributed by atoms with Gasteiger partial charge in [-0.25, -0.2) is 0 Å². The first kappa shape index (κ1) is 25.3. The van der Waals surface area contributed by atoms with E-state index < -0.39 is 11.1 Å². The molecule has 188 valence electrons. The number of esters is 1. The number of nitrogens with zero attached hydrogens (tertiary/aromatic N) is 1. The van der Waals surface area contributed by atoms with Crippen LogP contribution in [0.5, 0.6) is 5.75 Å². The van der Waals surface area contributed by atoms with E-state index in [9.17, 15) is 4.79 Å². The van der Waals surface area contributed by atoms with Gasteiger partial charge in [-0.1, -0.05) is 57.5 Å². The van der Waals surface area contributed by atoms with Gasteiger partial charge in [0.25, 0.3) is 0 Å². The van der Waals surface area contributed by atoms with Crippen LogP contribution in [0.25, 0.3) is 6.08 Å². The summed E-state index contributed by atoms with van der Waals surface area (Å²) >= 11 is 0. The number of carbonyl (C=O) groups excluding carboxylic acids is 1. The van der Waals surface area contributed by atoms with Crippen molar-refractivity contribution < 1.29 is 14.3 Å². The van der Waals surface area contributed by atoms with Crippen LogP contribution in [-0.2, 0) is 14.9 Å². The SMILES string of the molecule is Cc1ccc2c(c1)C=C[C@]1(O2)N(CCOC(=O)C(C)(CC(C)C)C(C)C)c2ccccc2C1(C)C. The maximum absolute atomic E-state index is 13.3. The molecule has 0 bridgehead atoms. The molecule has 2 aliphatic rings. The quantitative estimate of drug-likeness (QED) is 0.399. The van der Waals surface area contributed by atoms with E-state index in [1.807, 2.05) is 6.92 Å². The number of benzene rings is 2. The molecule has 4 heteroatoms. The zero-order valence-corrected chi connectivity index (χ0v) is 22.6. The Morgan fingerprint density at radius 1 is 1.11 bits per heavy atom. The lowest BCUT2D eigenvalue weighted by Gasteiger charge is -2.47. The number of ether oxygens (including phenoxy) is 2. The fraction of sp³-hybridized carbons (Fsp3) is 0.516. The van der Waals surface area contributed by atoms with Gasteiger partial charge >= 0.3 is 5.97 Å². The van der Waals surface area contributed by atoms with Crippen LogP contribution in [0.15, 0.2) is 48.5 Å². The van der Waals surface area contributed by atoms with Crippen molar-refractivity contribution in [1.82, 2.24) is 0 Å². The summed E-state index contributed by atoms with van der Waals surface area (Å²) < 4.78 is 12.8.